The Balaban J connectivity index is 1.64. The van der Waals surface area contributed by atoms with Crippen molar-refractivity contribution in [2.45, 2.75) is 100 Å². The highest BCUT2D eigenvalue weighted by Crippen LogP contribution is 2.52. The van der Waals surface area contributed by atoms with E-state index in [4.69, 9.17) is 9.47 Å². The average Bonchev–Trinajstić information content (AvgIpc) is 3.25. The van der Waals surface area contributed by atoms with Gasteiger partial charge in [-0.3, -0.25) is 24.1 Å². The Morgan fingerprint density at radius 3 is 2.19 bits per heavy atom. The van der Waals surface area contributed by atoms with Crippen LogP contribution in [0.5, 0.6) is 11.5 Å². The molecule has 3 aromatic carbocycles. The van der Waals surface area contributed by atoms with Crippen LogP contribution >= 0.6 is 23.7 Å². The summed E-state index contributed by atoms with van der Waals surface area (Å²) in [6, 6.07) is 18.7. The van der Waals surface area contributed by atoms with Crippen LogP contribution in [0.3, 0.4) is 0 Å². The molecule has 286 valence electrons. The van der Waals surface area contributed by atoms with Crippen molar-refractivity contribution in [2.24, 2.45) is 0 Å². The molecule has 0 unspecified atom stereocenters. The van der Waals surface area contributed by atoms with E-state index in [1.54, 1.807) is 68.3 Å². The second-order valence-electron chi connectivity index (χ2n) is 14.1. The zero-order valence-corrected chi connectivity index (χ0v) is 33.3. The number of nitrogens with one attached hydrogen (secondary N) is 2. The number of fused-ring (bicyclic) bond motifs is 1. The summed E-state index contributed by atoms with van der Waals surface area (Å²) in [5.74, 6) is -1.71. The van der Waals surface area contributed by atoms with Crippen molar-refractivity contribution in [3.8, 4) is 11.5 Å². The van der Waals surface area contributed by atoms with Gasteiger partial charge in [-0.15, -0.1) is 11.8 Å². The first kappa shape index (κ1) is 41.6. The third kappa shape index (κ3) is 10.5. The smallest absolute Gasteiger partial charge is 0.326 e. The maximum Gasteiger partial charge on any atom is 0.326 e. The van der Waals surface area contributed by atoms with Gasteiger partial charge in [0.1, 0.15) is 35.2 Å². The SMILES string of the molecule is CCCCC1(CCCC)NSc2cc(OCC(=O)N[C@@H](C(=O)N(C)CC(=O)OC(C)(C)C)c3ccccc3)c(SC)c(O)c2N(c2ccccc2)C1=O. The number of benzene rings is 3. The van der Waals surface area contributed by atoms with Gasteiger partial charge in [0, 0.05) is 12.7 Å². The Morgan fingerprint density at radius 1 is 1.02 bits per heavy atom. The van der Waals surface area contributed by atoms with Gasteiger partial charge < -0.3 is 24.8 Å². The maximum absolute atomic E-state index is 14.7. The first-order valence-corrected chi connectivity index (χ1v) is 20.0. The van der Waals surface area contributed by atoms with Gasteiger partial charge in [-0.1, -0.05) is 88.1 Å². The number of anilines is 2. The molecule has 0 spiro atoms. The molecule has 0 aromatic heterocycles. The number of aromatic hydroxyl groups is 1. The fourth-order valence-corrected chi connectivity index (χ4v) is 7.73. The van der Waals surface area contributed by atoms with Crippen molar-refractivity contribution < 1.29 is 33.8 Å². The molecule has 1 aliphatic heterocycles. The number of carbonyl (C=O) groups excluding carboxylic acids is 4. The number of phenols is 1. The minimum absolute atomic E-state index is 0.138. The number of amides is 3. The van der Waals surface area contributed by atoms with E-state index in [2.05, 4.69) is 23.9 Å². The van der Waals surface area contributed by atoms with Crippen molar-refractivity contribution in [3.05, 3.63) is 72.3 Å². The van der Waals surface area contributed by atoms with Crippen molar-refractivity contribution >= 4 is 58.8 Å². The number of likely N-dealkylation sites (N-methyl/N-ethyl adjacent to an activating group) is 1. The van der Waals surface area contributed by atoms with Crippen molar-refractivity contribution in [1.82, 2.24) is 14.9 Å². The van der Waals surface area contributed by atoms with E-state index < -0.39 is 41.6 Å². The molecule has 0 fully saturated rings. The highest BCUT2D eigenvalue weighted by molar-refractivity contribution is 7.99. The van der Waals surface area contributed by atoms with E-state index in [9.17, 15) is 24.3 Å². The molecule has 0 saturated heterocycles. The highest BCUT2D eigenvalue weighted by Gasteiger charge is 2.45. The number of esters is 1. The van der Waals surface area contributed by atoms with Crippen LogP contribution in [0.25, 0.3) is 0 Å². The van der Waals surface area contributed by atoms with E-state index in [1.165, 1.54) is 35.7 Å². The van der Waals surface area contributed by atoms with Crippen molar-refractivity contribution in [3.63, 3.8) is 0 Å². The van der Waals surface area contributed by atoms with E-state index in [0.717, 1.165) is 25.7 Å². The number of rotatable bonds is 16. The molecule has 4 rings (SSSR count). The van der Waals surface area contributed by atoms with E-state index in [0.29, 0.717) is 39.6 Å². The fraction of sp³-hybridized carbons (Fsp3) is 0.450. The van der Waals surface area contributed by atoms with Gasteiger partial charge in [-0.2, -0.15) is 0 Å². The molecule has 1 atom stereocenters. The Bertz CT molecular complexity index is 1730. The minimum Gasteiger partial charge on any atom is -0.504 e. The Labute approximate surface area is 321 Å². The molecule has 0 bridgehead atoms. The number of thioether (sulfide) groups is 1. The maximum atomic E-state index is 14.7. The van der Waals surface area contributed by atoms with E-state index in [-0.39, 0.29) is 24.0 Å². The molecule has 0 radical (unpaired) electrons. The van der Waals surface area contributed by atoms with Gasteiger partial charge in [-0.25, -0.2) is 4.72 Å². The summed E-state index contributed by atoms with van der Waals surface area (Å²) in [5.41, 5.74) is -0.102. The van der Waals surface area contributed by atoms with Crippen LogP contribution in [0.15, 0.2) is 76.5 Å². The lowest BCUT2D eigenvalue weighted by Crippen LogP contribution is -2.54. The van der Waals surface area contributed by atoms with E-state index in [1.807, 2.05) is 30.3 Å². The lowest BCUT2D eigenvalue weighted by molar-refractivity contribution is -0.158. The van der Waals surface area contributed by atoms with Crippen molar-refractivity contribution in [2.75, 3.05) is 31.4 Å². The summed E-state index contributed by atoms with van der Waals surface area (Å²) in [6.07, 6.45) is 6.56. The number of unbranched alkanes of at least 4 members (excludes halogenated alkanes) is 2. The predicted molar refractivity (Wildman–Crippen MR) is 211 cm³/mol. The minimum atomic E-state index is -1.11. The van der Waals surface area contributed by atoms with Gasteiger partial charge >= 0.3 is 5.97 Å². The summed E-state index contributed by atoms with van der Waals surface area (Å²) in [7, 11) is 1.47. The number of para-hydroxylation sites is 1. The Morgan fingerprint density at radius 2 is 1.62 bits per heavy atom. The normalized spacial score (nSPS) is 14.5. The molecule has 53 heavy (non-hydrogen) atoms. The predicted octanol–water partition coefficient (Wildman–Crippen LogP) is 7.54. The molecule has 11 nitrogen and oxygen atoms in total. The van der Waals surface area contributed by atoms with Crippen LogP contribution in [-0.2, 0) is 23.9 Å². The number of hydrogen-bond donors (Lipinski definition) is 3. The van der Waals surface area contributed by atoms with Crippen LogP contribution in [0.4, 0.5) is 11.4 Å². The zero-order valence-electron chi connectivity index (χ0n) is 31.7. The molecule has 3 N–H and O–H groups in total. The quantitative estimate of drug-likeness (QED) is 0.0762. The summed E-state index contributed by atoms with van der Waals surface area (Å²) in [4.78, 5) is 58.1. The van der Waals surface area contributed by atoms with Gasteiger partial charge in [0.2, 0.25) is 5.91 Å². The topological polar surface area (TPSA) is 138 Å². The third-order valence-corrected chi connectivity index (χ3v) is 10.5. The van der Waals surface area contributed by atoms with Crippen molar-refractivity contribution in [1.29, 1.82) is 0 Å². The number of phenolic OH excluding ortho intramolecular Hbond substituents is 1. The molecule has 3 amide bonds. The number of carbonyl (C=O) groups is 4. The molecule has 1 heterocycles. The molecule has 1 aliphatic rings. The lowest BCUT2D eigenvalue weighted by atomic mass is 9.86. The summed E-state index contributed by atoms with van der Waals surface area (Å²) in [6.45, 7) is 8.65. The highest BCUT2D eigenvalue weighted by atomic mass is 32.2. The molecular formula is C40H52N4O7S2. The zero-order chi connectivity index (χ0) is 38.8. The monoisotopic (exact) mass is 764 g/mol. The fourth-order valence-electron chi connectivity index (χ4n) is 6.07. The van der Waals surface area contributed by atoms with E-state index >= 15 is 0 Å². The van der Waals surface area contributed by atoms with Gasteiger partial charge in [0.15, 0.2) is 12.4 Å². The molecule has 3 aromatic rings. The van der Waals surface area contributed by atoms with Crippen LogP contribution in [0.1, 0.15) is 84.7 Å². The largest absolute Gasteiger partial charge is 0.504 e. The van der Waals surface area contributed by atoms with Crippen LogP contribution < -0.4 is 19.7 Å². The molecule has 13 heteroatoms. The first-order valence-electron chi connectivity index (χ1n) is 18.0. The second-order valence-corrected chi connectivity index (χ2v) is 15.7. The second kappa shape index (κ2) is 18.7. The summed E-state index contributed by atoms with van der Waals surface area (Å²) in [5, 5.41) is 14.7. The number of ether oxygens (including phenoxy) is 2. The average molecular weight is 765 g/mol. The standard InChI is InChI=1S/C40H52N4O7S2/c1-8-10-22-40(23-11-9-2)38(49)44(28-20-16-13-17-21-28)34-30(53-42-40)24-29(36(52-7)35(34)47)50-26-31(45)41-33(27-18-14-12-15-19-27)37(48)43(6)25-32(46)51-39(3,4)5/h12-21,24,33,42,47H,8-11,22-23,25-26H2,1-7H3,(H,41,45)/t33-/m1/s1. The number of hydrogen-bond acceptors (Lipinski definition) is 10. The lowest BCUT2D eigenvalue weighted by Gasteiger charge is -2.35. The van der Waals surface area contributed by atoms with Gasteiger partial charge in [-0.05, 0) is 75.6 Å². The summed E-state index contributed by atoms with van der Waals surface area (Å²) >= 11 is 2.50. The van der Waals surface area contributed by atoms with Crippen LogP contribution in [0.2, 0.25) is 0 Å². The number of nitrogens with zero attached hydrogens (tertiary/aromatic N) is 2. The van der Waals surface area contributed by atoms with Gasteiger partial charge in [0.25, 0.3) is 11.8 Å². The Hall–Kier alpha value is -4.20. The molecule has 0 aliphatic carbocycles. The van der Waals surface area contributed by atoms with Crippen LogP contribution in [-0.4, -0.2) is 71.3 Å². The summed E-state index contributed by atoms with van der Waals surface area (Å²) < 4.78 is 15.0. The first-order chi connectivity index (χ1) is 25.2. The van der Waals surface area contributed by atoms with Crippen LogP contribution in [0, 0.1) is 0 Å². The third-order valence-electron chi connectivity index (χ3n) is 8.69. The Kier molecular flexibility index (Phi) is 14.7. The molecular weight excluding hydrogens is 713 g/mol. The van der Waals surface area contributed by atoms with Gasteiger partial charge in [0.05, 0.1) is 9.79 Å². The molecule has 0 saturated carbocycles.